The zero-order valence-electron chi connectivity index (χ0n) is 14.7. The van der Waals surface area contributed by atoms with Crippen LogP contribution in [-0.4, -0.2) is 24.0 Å². The van der Waals surface area contributed by atoms with E-state index in [9.17, 15) is 0 Å². The molecule has 23 heavy (non-hydrogen) atoms. The van der Waals surface area contributed by atoms with Crippen molar-refractivity contribution in [3.05, 3.63) is 59.7 Å². The van der Waals surface area contributed by atoms with E-state index in [-0.39, 0.29) is 0 Å². The zero-order valence-corrected chi connectivity index (χ0v) is 14.7. The number of aromatic nitrogens is 1. The van der Waals surface area contributed by atoms with Crippen LogP contribution in [0, 0.1) is 6.92 Å². The molecule has 0 bridgehead atoms. The van der Waals surface area contributed by atoms with E-state index in [1.54, 1.807) is 13.2 Å². The first-order valence-corrected chi connectivity index (χ1v) is 7.73. The number of nitrogens with zero attached hydrogens (tertiary/aromatic N) is 3. The molecule has 0 spiro atoms. The van der Waals surface area contributed by atoms with Gasteiger partial charge in [-0.1, -0.05) is 19.6 Å². The first-order valence-electron chi connectivity index (χ1n) is 7.73. The first kappa shape index (κ1) is 18.6. The smallest absolute Gasteiger partial charge is 0.0601 e. The van der Waals surface area contributed by atoms with Crippen molar-refractivity contribution >= 4 is 17.6 Å². The molecule has 1 rings (SSSR count). The van der Waals surface area contributed by atoms with Gasteiger partial charge >= 0.3 is 0 Å². The van der Waals surface area contributed by atoms with Gasteiger partial charge in [-0.2, -0.15) is 0 Å². The van der Waals surface area contributed by atoms with Crippen LogP contribution in [0.3, 0.4) is 0 Å². The van der Waals surface area contributed by atoms with Crippen molar-refractivity contribution in [2.24, 2.45) is 9.98 Å². The summed E-state index contributed by atoms with van der Waals surface area (Å²) in [6, 6.07) is 3.88. The number of nitrogens with one attached hydrogen (secondary N) is 1. The van der Waals surface area contributed by atoms with Crippen LogP contribution in [0.5, 0.6) is 0 Å². The van der Waals surface area contributed by atoms with E-state index < -0.39 is 0 Å². The van der Waals surface area contributed by atoms with Crippen LogP contribution in [0.1, 0.15) is 32.9 Å². The molecule has 0 unspecified atom stereocenters. The van der Waals surface area contributed by atoms with E-state index in [1.165, 1.54) is 0 Å². The third-order valence-corrected chi connectivity index (χ3v) is 3.37. The Balaban J connectivity index is 2.89. The van der Waals surface area contributed by atoms with Gasteiger partial charge in [0.05, 0.1) is 11.4 Å². The van der Waals surface area contributed by atoms with Crippen LogP contribution in [0.25, 0.3) is 0 Å². The number of allylic oxidation sites excluding steroid dienone is 4. The van der Waals surface area contributed by atoms with E-state index in [2.05, 4.69) is 33.8 Å². The van der Waals surface area contributed by atoms with Crippen LogP contribution in [0.4, 0.5) is 5.69 Å². The van der Waals surface area contributed by atoms with Crippen molar-refractivity contribution in [1.29, 1.82) is 0 Å². The molecule has 0 radical (unpaired) electrons. The molecule has 4 nitrogen and oxygen atoms in total. The van der Waals surface area contributed by atoms with Gasteiger partial charge in [0.25, 0.3) is 0 Å². The Bertz CT molecular complexity index is 664. The lowest BCUT2D eigenvalue weighted by molar-refractivity contribution is 1.12. The molecule has 0 aliphatic rings. The van der Waals surface area contributed by atoms with Gasteiger partial charge in [0.1, 0.15) is 0 Å². The maximum absolute atomic E-state index is 4.54. The quantitative estimate of drug-likeness (QED) is 0.585. The van der Waals surface area contributed by atoms with E-state index in [0.29, 0.717) is 0 Å². The predicted octanol–water partition coefficient (Wildman–Crippen LogP) is 4.72. The molecular formula is C19H26N4. The Hall–Kier alpha value is -2.49. The summed E-state index contributed by atoms with van der Waals surface area (Å²) in [6.07, 6.45) is 8.45. The summed E-state index contributed by atoms with van der Waals surface area (Å²) < 4.78 is 0. The van der Waals surface area contributed by atoms with Crippen LogP contribution >= 0.6 is 0 Å². The summed E-state index contributed by atoms with van der Waals surface area (Å²) in [5.74, 6) is 0. The van der Waals surface area contributed by atoms with E-state index in [4.69, 9.17) is 0 Å². The fraction of sp³-hybridized carbons (Fsp3) is 0.316. The Morgan fingerprint density at radius 2 is 2.17 bits per heavy atom. The van der Waals surface area contributed by atoms with Crippen LogP contribution in [0.2, 0.25) is 0 Å². The minimum Gasteiger partial charge on any atom is -0.354 e. The second-order valence-corrected chi connectivity index (χ2v) is 5.14. The summed E-state index contributed by atoms with van der Waals surface area (Å²) in [4.78, 5) is 12.8. The molecule has 0 aliphatic heterocycles. The summed E-state index contributed by atoms with van der Waals surface area (Å²) in [5, 5.41) is 3.26. The molecular weight excluding hydrogens is 284 g/mol. The lowest BCUT2D eigenvalue weighted by atomic mass is 10.1. The molecule has 0 saturated heterocycles. The third kappa shape index (κ3) is 6.02. The fourth-order valence-corrected chi connectivity index (χ4v) is 1.99. The highest BCUT2D eigenvalue weighted by molar-refractivity contribution is 6.00. The zero-order chi connectivity index (χ0) is 17.2. The molecule has 1 N–H and O–H groups in total. The molecule has 0 fully saturated rings. The normalized spacial score (nSPS) is 13.5. The molecule has 0 aliphatic carbocycles. The van der Waals surface area contributed by atoms with Gasteiger partial charge in [-0.3, -0.25) is 15.0 Å². The number of anilines is 1. The molecule has 1 heterocycles. The highest BCUT2D eigenvalue weighted by atomic mass is 14.9. The van der Waals surface area contributed by atoms with Crippen molar-refractivity contribution in [1.82, 2.24) is 4.98 Å². The molecule has 0 aromatic carbocycles. The van der Waals surface area contributed by atoms with Gasteiger partial charge in [0, 0.05) is 37.0 Å². The number of hydrogen-bond donors (Lipinski definition) is 1. The van der Waals surface area contributed by atoms with Gasteiger partial charge in [0.2, 0.25) is 0 Å². The lowest BCUT2D eigenvalue weighted by Crippen LogP contribution is -2.07. The minimum atomic E-state index is 0.772. The molecule has 0 saturated carbocycles. The average Bonchev–Trinajstić information content (AvgIpc) is 2.53. The number of aryl methyl sites for hydroxylation is 1. The summed E-state index contributed by atoms with van der Waals surface area (Å²) in [6.45, 7) is 12.1. The van der Waals surface area contributed by atoms with Gasteiger partial charge < -0.3 is 5.32 Å². The number of pyridine rings is 1. The molecule has 1 aromatic rings. The SMILES string of the molecule is C=C(Nc1ccnc(C)c1)C(C)=N/C=C(CC)/C(C=NC)=C/C. The van der Waals surface area contributed by atoms with Crippen molar-refractivity contribution in [3.63, 3.8) is 0 Å². The maximum Gasteiger partial charge on any atom is 0.0601 e. The second-order valence-electron chi connectivity index (χ2n) is 5.14. The standard InChI is InChI=1S/C19H26N4/c1-7-17(12-20-6)18(8-2)13-22-15(4)16(5)23-19-9-10-21-14(3)11-19/h7,9-13H,5,8H2,1-4,6H3,(H,21,23)/b17-7+,18-13+,20-12?,22-15?. The van der Waals surface area contributed by atoms with E-state index in [1.807, 2.05) is 51.4 Å². The van der Waals surface area contributed by atoms with Gasteiger partial charge in [-0.05, 0) is 50.5 Å². The monoisotopic (exact) mass is 310 g/mol. The number of hydrogen-bond acceptors (Lipinski definition) is 4. The summed E-state index contributed by atoms with van der Waals surface area (Å²) >= 11 is 0. The number of rotatable bonds is 7. The highest BCUT2D eigenvalue weighted by Gasteiger charge is 2.02. The Morgan fingerprint density at radius 1 is 1.43 bits per heavy atom. The van der Waals surface area contributed by atoms with Crippen molar-refractivity contribution < 1.29 is 0 Å². The van der Waals surface area contributed by atoms with Crippen molar-refractivity contribution in [2.75, 3.05) is 12.4 Å². The lowest BCUT2D eigenvalue weighted by Gasteiger charge is -2.09. The summed E-state index contributed by atoms with van der Waals surface area (Å²) in [5.41, 5.74) is 5.77. The summed E-state index contributed by atoms with van der Waals surface area (Å²) in [7, 11) is 1.77. The third-order valence-electron chi connectivity index (χ3n) is 3.37. The minimum absolute atomic E-state index is 0.772. The second kappa shape index (κ2) is 9.51. The van der Waals surface area contributed by atoms with E-state index in [0.717, 1.165) is 40.4 Å². The van der Waals surface area contributed by atoms with Gasteiger partial charge in [-0.25, -0.2) is 0 Å². The molecule has 1 aromatic heterocycles. The van der Waals surface area contributed by atoms with Crippen molar-refractivity contribution in [3.8, 4) is 0 Å². The van der Waals surface area contributed by atoms with Crippen LogP contribution < -0.4 is 5.32 Å². The first-order chi connectivity index (χ1) is 11.0. The van der Waals surface area contributed by atoms with Gasteiger partial charge in [0.15, 0.2) is 0 Å². The molecule has 0 atom stereocenters. The molecule has 4 heteroatoms. The largest absolute Gasteiger partial charge is 0.354 e. The predicted molar refractivity (Wildman–Crippen MR) is 101 cm³/mol. The Kier molecular flexibility index (Phi) is 7.67. The molecule has 122 valence electrons. The van der Waals surface area contributed by atoms with Gasteiger partial charge in [-0.15, -0.1) is 0 Å². The highest BCUT2D eigenvalue weighted by Crippen LogP contribution is 2.14. The van der Waals surface area contributed by atoms with E-state index >= 15 is 0 Å². The Labute approximate surface area is 139 Å². The van der Waals surface area contributed by atoms with Crippen LogP contribution in [-0.2, 0) is 0 Å². The average molecular weight is 310 g/mol. The molecule has 0 amide bonds. The van der Waals surface area contributed by atoms with Crippen molar-refractivity contribution in [2.45, 2.75) is 34.1 Å². The maximum atomic E-state index is 4.54. The Morgan fingerprint density at radius 3 is 2.74 bits per heavy atom. The number of aliphatic imine (C=N–C) groups is 2. The topological polar surface area (TPSA) is 49.6 Å². The van der Waals surface area contributed by atoms with Crippen LogP contribution in [0.15, 0.2) is 64.0 Å². The fourth-order valence-electron chi connectivity index (χ4n) is 1.99.